The molecule has 0 unspecified atom stereocenters. The van der Waals surface area contributed by atoms with E-state index in [1.807, 2.05) is 0 Å². The fourth-order valence-electron chi connectivity index (χ4n) is 4.09. The largest absolute Gasteiger partial charge is 0.372 e. The van der Waals surface area contributed by atoms with Crippen molar-refractivity contribution in [2.75, 3.05) is 18.0 Å². The van der Waals surface area contributed by atoms with Gasteiger partial charge in [0, 0.05) is 47.1 Å². The lowest BCUT2D eigenvalue weighted by atomic mass is 10.1. The molecule has 0 atom stereocenters. The molecule has 4 aromatic rings. The molecular weight excluding hydrogens is 340 g/mol. The number of rotatable bonds is 6. The third-order valence-corrected chi connectivity index (χ3v) is 5.60. The zero-order valence-corrected chi connectivity index (χ0v) is 17.0. The van der Waals surface area contributed by atoms with Crippen molar-refractivity contribution in [3.8, 4) is 0 Å². The summed E-state index contributed by atoms with van der Waals surface area (Å²) in [5, 5.41) is 2.66. The van der Waals surface area contributed by atoms with Gasteiger partial charge in [-0.15, -0.1) is 0 Å². The van der Waals surface area contributed by atoms with Crippen molar-refractivity contribution in [3.63, 3.8) is 0 Å². The molecule has 0 bridgehead atoms. The zero-order valence-electron chi connectivity index (χ0n) is 17.0. The Morgan fingerprint density at radius 1 is 0.714 bits per heavy atom. The van der Waals surface area contributed by atoms with Crippen molar-refractivity contribution in [3.05, 3.63) is 77.9 Å². The first kappa shape index (κ1) is 18.4. The molecule has 4 rings (SSSR count). The Balaban J connectivity index is 1.66. The number of fused-ring (bicyclic) bond motifs is 3. The van der Waals surface area contributed by atoms with E-state index >= 15 is 0 Å². The molecule has 28 heavy (non-hydrogen) atoms. The minimum absolute atomic E-state index is 0.984. The first-order valence-electron chi connectivity index (χ1n) is 10.3. The quantitative estimate of drug-likeness (QED) is 0.339. The molecular formula is C26H28N2. The summed E-state index contributed by atoms with van der Waals surface area (Å²) in [6.07, 6.45) is 4.41. The summed E-state index contributed by atoms with van der Waals surface area (Å²) >= 11 is 0. The average molecular weight is 369 g/mol. The van der Waals surface area contributed by atoms with E-state index in [-0.39, 0.29) is 0 Å². The molecule has 0 radical (unpaired) electrons. The van der Waals surface area contributed by atoms with Crippen molar-refractivity contribution >= 4 is 39.6 Å². The van der Waals surface area contributed by atoms with Crippen molar-refractivity contribution < 1.29 is 0 Å². The Labute approximate surface area is 167 Å². The minimum Gasteiger partial charge on any atom is -0.372 e. The second-order valence-electron chi connectivity index (χ2n) is 7.14. The van der Waals surface area contributed by atoms with Crippen molar-refractivity contribution in [2.45, 2.75) is 27.3 Å². The van der Waals surface area contributed by atoms with Crippen molar-refractivity contribution in [2.24, 2.45) is 0 Å². The average Bonchev–Trinajstić information content (AvgIpc) is 3.07. The van der Waals surface area contributed by atoms with Gasteiger partial charge in [0.05, 0.1) is 0 Å². The predicted molar refractivity (Wildman–Crippen MR) is 124 cm³/mol. The maximum atomic E-state index is 2.39. The van der Waals surface area contributed by atoms with Gasteiger partial charge in [-0.25, -0.2) is 0 Å². The van der Waals surface area contributed by atoms with Gasteiger partial charge in [-0.2, -0.15) is 0 Å². The highest BCUT2D eigenvalue weighted by Gasteiger charge is 2.08. The fourth-order valence-corrected chi connectivity index (χ4v) is 4.09. The molecule has 1 aromatic heterocycles. The summed E-state index contributed by atoms with van der Waals surface area (Å²) in [5.41, 5.74) is 6.37. The molecule has 0 aliphatic heterocycles. The number of nitrogens with zero attached hydrogens (tertiary/aromatic N) is 2. The summed E-state index contributed by atoms with van der Waals surface area (Å²) < 4.78 is 2.39. The van der Waals surface area contributed by atoms with Crippen LogP contribution in [0.5, 0.6) is 0 Å². The van der Waals surface area contributed by atoms with E-state index in [9.17, 15) is 0 Å². The van der Waals surface area contributed by atoms with Gasteiger partial charge in [0.15, 0.2) is 0 Å². The molecule has 142 valence electrons. The molecule has 3 aromatic carbocycles. The molecule has 0 saturated heterocycles. The van der Waals surface area contributed by atoms with Crippen LogP contribution in [0.25, 0.3) is 34.0 Å². The van der Waals surface area contributed by atoms with Crippen LogP contribution in [-0.2, 0) is 6.54 Å². The number of benzene rings is 3. The molecule has 0 aliphatic carbocycles. The second kappa shape index (κ2) is 7.93. The molecule has 2 nitrogen and oxygen atoms in total. The normalized spacial score (nSPS) is 11.7. The van der Waals surface area contributed by atoms with Crippen molar-refractivity contribution in [1.29, 1.82) is 0 Å². The highest BCUT2D eigenvalue weighted by atomic mass is 15.1. The summed E-state index contributed by atoms with van der Waals surface area (Å²) in [6, 6.07) is 24.3. The smallest absolute Gasteiger partial charge is 0.0491 e. The van der Waals surface area contributed by atoms with E-state index in [0.717, 1.165) is 19.6 Å². The molecule has 0 N–H and O–H groups in total. The van der Waals surface area contributed by atoms with E-state index in [1.165, 1.54) is 38.6 Å². The molecule has 0 amide bonds. The summed E-state index contributed by atoms with van der Waals surface area (Å²) in [5.74, 6) is 0. The highest BCUT2D eigenvalue weighted by Crippen LogP contribution is 2.30. The zero-order chi connectivity index (χ0) is 19.5. The van der Waals surface area contributed by atoms with Gasteiger partial charge in [0.25, 0.3) is 0 Å². The van der Waals surface area contributed by atoms with Gasteiger partial charge < -0.3 is 9.47 Å². The minimum atomic E-state index is 0.984. The molecule has 0 spiro atoms. The summed E-state index contributed by atoms with van der Waals surface area (Å²) in [4.78, 5) is 2.37. The van der Waals surface area contributed by atoms with Crippen LogP contribution < -0.4 is 4.90 Å². The van der Waals surface area contributed by atoms with E-state index in [1.54, 1.807) is 0 Å². The highest BCUT2D eigenvalue weighted by molar-refractivity contribution is 6.08. The van der Waals surface area contributed by atoms with Crippen LogP contribution in [0.1, 0.15) is 31.9 Å². The summed E-state index contributed by atoms with van der Waals surface area (Å²) in [7, 11) is 0. The standard InChI is InChI=1S/C26H28N2/c1-4-27(5-2)22-16-13-20(14-17-22)11-12-21-15-18-26-24(19-21)23-9-7-8-10-25(23)28(26)6-3/h7-19H,4-6H2,1-3H3. The Morgan fingerprint density at radius 3 is 2.07 bits per heavy atom. The van der Waals surface area contributed by atoms with Gasteiger partial charge in [-0.05, 0) is 62.2 Å². The molecule has 0 aliphatic rings. The van der Waals surface area contributed by atoms with Crippen molar-refractivity contribution in [1.82, 2.24) is 4.57 Å². The van der Waals surface area contributed by atoms with Crippen LogP contribution in [0.4, 0.5) is 5.69 Å². The first-order chi connectivity index (χ1) is 13.7. The lowest BCUT2D eigenvalue weighted by Gasteiger charge is -2.20. The van der Waals surface area contributed by atoms with Crippen LogP contribution in [-0.4, -0.2) is 17.7 Å². The number of hydrogen-bond donors (Lipinski definition) is 0. The van der Waals surface area contributed by atoms with E-state index in [2.05, 4.69) is 109 Å². The van der Waals surface area contributed by atoms with Gasteiger partial charge in [-0.3, -0.25) is 0 Å². The monoisotopic (exact) mass is 368 g/mol. The maximum Gasteiger partial charge on any atom is 0.0491 e. The molecule has 2 heteroatoms. The number of aromatic nitrogens is 1. The lowest BCUT2D eigenvalue weighted by Crippen LogP contribution is -2.21. The molecule has 1 heterocycles. The van der Waals surface area contributed by atoms with Gasteiger partial charge in [-0.1, -0.05) is 48.6 Å². The first-order valence-corrected chi connectivity index (χ1v) is 10.3. The van der Waals surface area contributed by atoms with Crippen LogP contribution in [0.15, 0.2) is 66.7 Å². The Hall–Kier alpha value is -3.00. The number of hydrogen-bond acceptors (Lipinski definition) is 1. The Bertz CT molecular complexity index is 1110. The predicted octanol–water partition coefficient (Wildman–Crippen LogP) is 6.83. The number of aryl methyl sites for hydroxylation is 1. The summed E-state index contributed by atoms with van der Waals surface area (Å²) in [6.45, 7) is 9.67. The third-order valence-electron chi connectivity index (χ3n) is 5.60. The van der Waals surface area contributed by atoms with Crippen LogP contribution >= 0.6 is 0 Å². The molecule has 0 saturated carbocycles. The second-order valence-corrected chi connectivity index (χ2v) is 7.14. The maximum absolute atomic E-state index is 2.39. The third kappa shape index (κ3) is 3.31. The van der Waals surface area contributed by atoms with Crippen LogP contribution in [0, 0.1) is 0 Å². The number of para-hydroxylation sites is 1. The van der Waals surface area contributed by atoms with E-state index in [0.29, 0.717) is 0 Å². The lowest BCUT2D eigenvalue weighted by molar-refractivity contribution is 0.827. The SMILES string of the molecule is CCN(CC)c1ccc(C=Cc2ccc3c(c2)c2ccccc2n3CC)cc1. The van der Waals surface area contributed by atoms with Gasteiger partial charge in [0.1, 0.15) is 0 Å². The Kier molecular flexibility index (Phi) is 5.21. The van der Waals surface area contributed by atoms with E-state index in [4.69, 9.17) is 0 Å². The van der Waals surface area contributed by atoms with Crippen LogP contribution in [0.3, 0.4) is 0 Å². The molecule has 0 fully saturated rings. The van der Waals surface area contributed by atoms with Crippen LogP contribution in [0.2, 0.25) is 0 Å². The van der Waals surface area contributed by atoms with Gasteiger partial charge in [0.2, 0.25) is 0 Å². The topological polar surface area (TPSA) is 8.17 Å². The fraction of sp³-hybridized carbons (Fsp3) is 0.231. The Morgan fingerprint density at radius 2 is 1.36 bits per heavy atom. The van der Waals surface area contributed by atoms with Gasteiger partial charge >= 0.3 is 0 Å². The number of anilines is 1. The van der Waals surface area contributed by atoms with E-state index < -0.39 is 0 Å².